The topological polar surface area (TPSA) is 65.0 Å². The molecule has 0 bridgehead atoms. The van der Waals surface area contributed by atoms with Crippen LogP contribution in [-0.4, -0.2) is 36.3 Å². The molecule has 2 heterocycles. The minimum absolute atomic E-state index is 0.230. The molecule has 184 valence electrons. The molecule has 4 aromatic rings. The van der Waals surface area contributed by atoms with Crippen molar-refractivity contribution < 1.29 is 19.0 Å². The number of carbonyl (C=O) groups excluding carboxylic acids is 1. The van der Waals surface area contributed by atoms with Gasteiger partial charge in [-0.15, -0.1) is 0 Å². The van der Waals surface area contributed by atoms with E-state index in [-0.39, 0.29) is 12.1 Å². The van der Waals surface area contributed by atoms with Crippen molar-refractivity contribution in [2.45, 2.75) is 19.5 Å². The monoisotopic (exact) mass is 483 g/mol. The number of anilines is 1. The highest BCUT2D eigenvalue weighted by Gasteiger charge is 2.33. The summed E-state index contributed by atoms with van der Waals surface area (Å²) < 4.78 is 19.0. The van der Waals surface area contributed by atoms with Gasteiger partial charge in [0.15, 0.2) is 11.5 Å². The number of para-hydroxylation sites is 3. The molecule has 0 saturated heterocycles. The molecule has 1 aromatic heterocycles. The zero-order chi connectivity index (χ0) is 25.1. The minimum atomic E-state index is -0.383. The molecule has 7 nitrogen and oxygen atoms in total. The maximum atomic E-state index is 14.0. The van der Waals surface area contributed by atoms with E-state index in [1.54, 1.807) is 14.2 Å². The van der Waals surface area contributed by atoms with Crippen molar-refractivity contribution in [3.63, 3.8) is 0 Å². The normalized spacial score (nSPS) is 14.3. The Hall–Kier alpha value is -4.39. The van der Waals surface area contributed by atoms with E-state index in [1.165, 1.54) is 0 Å². The SMILES string of the molecule is CCOc1ccccc1NC(=O)N1Cc2ccccc2-n2cccc2C1c1ccc(OC)c(OC)c1. The molecule has 36 heavy (non-hydrogen) atoms. The number of nitrogens with one attached hydrogen (secondary N) is 1. The Morgan fingerprint density at radius 1 is 0.917 bits per heavy atom. The number of methoxy groups -OCH3 is 2. The number of hydrogen-bond acceptors (Lipinski definition) is 4. The fourth-order valence-electron chi connectivity index (χ4n) is 4.75. The molecule has 1 N–H and O–H groups in total. The molecule has 7 heteroatoms. The van der Waals surface area contributed by atoms with Gasteiger partial charge in [0.2, 0.25) is 0 Å². The fourth-order valence-corrected chi connectivity index (χ4v) is 4.75. The highest BCUT2D eigenvalue weighted by Crippen LogP contribution is 2.40. The number of carbonyl (C=O) groups is 1. The Morgan fingerprint density at radius 2 is 1.69 bits per heavy atom. The zero-order valence-corrected chi connectivity index (χ0v) is 20.6. The van der Waals surface area contributed by atoms with Gasteiger partial charge >= 0.3 is 6.03 Å². The van der Waals surface area contributed by atoms with Gasteiger partial charge in [-0.05, 0) is 60.5 Å². The molecule has 1 aliphatic heterocycles. The summed E-state index contributed by atoms with van der Waals surface area (Å²) in [6.07, 6.45) is 2.04. The standard InChI is InChI=1S/C29H29N3O4/c1-4-36-25-14-8-6-11-22(25)30-29(33)32-19-21-10-5-7-12-23(21)31-17-9-13-24(31)28(32)20-15-16-26(34-2)27(18-20)35-3/h5-18,28H,4,19H2,1-3H3,(H,30,33). The van der Waals surface area contributed by atoms with E-state index in [1.807, 2.05) is 78.7 Å². The Balaban J connectivity index is 1.63. The van der Waals surface area contributed by atoms with Crippen LogP contribution in [0.4, 0.5) is 10.5 Å². The van der Waals surface area contributed by atoms with E-state index >= 15 is 0 Å². The second-order valence-corrected chi connectivity index (χ2v) is 8.44. The lowest BCUT2D eigenvalue weighted by atomic mass is 10.0. The van der Waals surface area contributed by atoms with Crippen LogP contribution in [0.5, 0.6) is 17.2 Å². The maximum absolute atomic E-state index is 14.0. The molecule has 2 amide bonds. The smallest absolute Gasteiger partial charge is 0.323 e. The molecule has 0 radical (unpaired) electrons. The van der Waals surface area contributed by atoms with Crippen molar-refractivity contribution in [2.75, 3.05) is 26.1 Å². The molecule has 0 saturated carbocycles. The van der Waals surface area contributed by atoms with Gasteiger partial charge in [-0.25, -0.2) is 4.79 Å². The lowest BCUT2D eigenvalue weighted by Gasteiger charge is -2.31. The van der Waals surface area contributed by atoms with E-state index < -0.39 is 0 Å². The van der Waals surface area contributed by atoms with Crippen LogP contribution in [0.3, 0.4) is 0 Å². The van der Waals surface area contributed by atoms with Gasteiger partial charge in [0.25, 0.3) is 0 Å². The second kappa shape index (κ2) is 10.1. The van der Waals surface area contributed by atoms with Crippen LogP contribution in [0.1, 0.15) is 29.8 Å². The quantitative estimate of drug-likeness (QED) is 0.364. The third-order valence-electron chi connectivity index (χ3n) is 6.38. The van der Waals surface area contributed by atoms with Gasteiger partial charge in [-0.2, -0.15) is 0 Å². The fraction of sp³-hybridized carbons (Fsp3) is 0.207. The summed E-state index contributed by atoms with van der Waals surface area (Å²) in [5, 5.41) is 3.09. The van der Waals surface area contributed by atoms with Crippen molar-refractivity contribution in [3.05, 3.63) is 102 Å². The first kappa shape index (κ1) is 23.4. The first-order valence-corrected chi connectivity index (χ1v) is 11.9. The van der Waals surface area contributed by atoms with Crippen LogP contribution in [0, 0.1) is 0 Å². The number of fused-ring (bicyclic) bond motifs is 3. The predicted octanol–water partition coefficient (Wildman–Crippen LogP) is 6.03. The number of urea groups is 1. The maximum Gasteiger partial charge on any atom is 0.323 e. The molecular weight excluding hydrogens is 454 g/mol. The van der Waals surface area contributed by atoms with E-state index in [9.17, 15) is 4.79 Å². The Morgan fingerprint density at radius 3 is 2.50 bits per heavy atom. The summed E-state index contributed by atoms with van der Waals surface area (Å²) in [5.74, 6) is 1.88. The third-order valence-corrected chi connectivity index (χ3v) is 6.38. The number of ether oxygens (including phenoxy) is 3. The van der Waals surface area contributed by atoms with Crippen LogP contribution in [0.25, 0.3) is 5.69 Å². The lowest BCUT2D eigenvalue weighted by Crippen LogP contribution is -2.38. The zero-order valence-electron chi connectivity index (χ0n) is 20.6. The number of amides is 2. The Bertz CT molecular complexity index is 1380. The highest BCUT2D eigenvalue weighted by atomic mass is 16.5. The first-order valence-electron chi connectivity index (χ1n) is 11.9. The van der Waals surface area contributed by atoms with Crippen LogP contribution in [-0.2, 0) is 6.54 Å². The number of aromatic nitrogens is 1. The summed E-state index contributed by atoms with van der Waals surface area (Å²) in [4.78, 5) is 15.8. The third kappa shape index (κ3) is 4.24. The largest absolute Gasteiger partial charge is 0.493 e. The summed E-state index contributed by atoms with van der Waals surface area (Å²) in [6.45, 7) is 2.84. The number of nitrogens with zero attached hydrogens (tertiary/aromatic N) is 2. The molecular formula is C29H29N3O4. The molecule has 0 spiro atoms. The van der Waals surface area contributed by atoms with Crippen LogP contribution in [0.15, 0.2) is 85.1 Å². The molecule has 1 unspecified atom stereocenters. The summed E-state index contributed by atoms with van der Waals surface area (Å²) in [5.41, 5.74) is 4.61. The molecule has 5 rings (SSSR count). The number of benzene rings is 3. The average Bonchev–Trinajstić information content (AvgIpc) is 3.33. The molecule has 0 aliphatic carbocycles. The van der Waals surface area contributed by atoms with Gasteiger partial charge in [-0.3, -0.25) is 0 Å². The van der Waals surface area contributed by atoms with E-state index in [0.717, 1.165) is 22.5 Å². The van der Waals surface area contributed by atoms with Gasteiger partial charge in [0.05, 0.1) is 44.8 Å². The predicted molar refractivity (Wildman–Crippen MR) is 139 cm³/mol. The van der Waals surface area contributed by atoms with Crippen LogP contribution < -0.4 is 19.5 Å². The first-order chi connectivity index (χ1) is 17.6. The molecule has 1 aliphatic rings. The van der Waals surface area contributed by atoms with Gasteiger partial charge in [-0.1, -0.05) is 36.4 Å². The van der Waals surface area contributed by atoms with Crippen LogP contribution >= 0.6 is 0 Å². The summed E-state index contributed by atoms with van der Waals surface area (Å²) >= 11 is 0. The van der Waals surface area contributed by atoms with Crippen LogP contribution in [0.2, 0.25) is 0 Å². The van der Waals surface area contributed by atoms with Crippen molar-refractivity contribution in [1.82, 2.24) is 9.47 Å². The van der Waals surface area contributed by atoms with Crippen molar-refractivity contribution >= 4 is 11.7 Å². The van der Waals surface area contributed by atoms with Gasteiger partial charge in [0.1, 0.15) is 5.75 Å². The van der Waals surface area contributed by atoms with Gasteiger partial charge in [0, 0.05) is 11.9 Å². The van der Waals surface area contributed by atoms with E-state index in [2.05, 4.69) is 28.1 Å². The highest BCUT2D eigenvalue weighted by molar-refractivity contribution is 5.91. The molecule has 1 atom stereocenters. The number of rotatable bonds is 6. The molecule has 3 aromatic carbocycles. The second-order valence-electron chi connectivity index (χ2n) is 8.44. The summed E-state index contributed by atoms with van der Waals surface area (Å²) in [6, 6.07) is 24.9. The molecule has 0 fully saturated rings. The van der Waals surface area contributed by atoms with E-state index in [4.69, 9.17) is 14.2 Å². The Kier molecular flexibility index (Phi) is 6.54. The van der Waals surface area contributed by atoms with E-state index in [0.29, 0.717) is 36.1 Å². The van der Waals surface area contributed by atoms with Crippen molar-refractivity contribution in [1.29, 1.82) is 0 Å². The van der Waals surface area contributed by atoms with Gasteiger partial charge < -0.3 is 29.0 Å². The number of hydrogen-bond donors (Lipinski definition) is 1. The van der Waals surface area contributed by atoms with Crippen molar-refractivity contribution in [2.24, 2.45) is 0 Å². The average molecular weight is 484 g/mol. The lowest BCUT2D eigenvalue weighted by molar-refractivity contribution is 0.194. The minimum Gasteiger partial charge on any atom is -0.493 e. The van der Waals surface area contributed by atoms with Crippen molar-refractivity contribution in [3.8, 4) is 22.9 Å². The summed E-state index contributed by atoms with van der Waals surface area (Å²) in [7, 11) is 3.23. The Labute approximate surface area is 210 Å².